The lowest BCUT2D eigenvalue weighted by molar-refractivity contribution is -0.143. The molecule has 1 aromatic carbocycles. The Morgan fingerprint density at radius 3 is 2.64 bits per heavy atom. The van der Waals surface area contributed by atoms with Crippen LogP contribution in [0.4, 0.5) is 13.2 Å². The maximum Gasteiger partial charge on any atom is 0.401 e. The first kappa shape index (κ1) is 24.6. The number of hydrogen-bond donors (Lipinski definition) is 2. The molecule has 1 aromatic rings. The van der Waals surface area contributed by atoms with Crippen molar-refractivity contribution < 1.29 is 22.6 Å². The highest BCUT2D eigenvalue weighted by Gasteiger charge is 2.34. The van der Waals surface area contributed by atoms with E-state index in [1.54, 1.807) is 21.3 Å². The van der Waals surface area contributed by atoms with Gasteiger partial charge in [0, 0.05) is 32.7 Å². The van der Waals surface area contributed by atoms with Crippen LogP contribution in [0, 0.1) is 0 Å². The summed E-state index contributed by atoms with van der Waals surface area (Å²) in [6.07, 6.45) is -2.82. The number of halogens is 4. The molecule has 0 spiro atoms. The molecule has 0 bridgehead atoms. The molecule has 0 amide bonds. The molecule has 6 nitrogen and oxygen atoms in total. The number of benzene rings is 1. The number of aliphatic imine (C=N–C) groups is 1. The Morgan fingerprint density at radius 2 is 2.04 bits per heavy atom. The van der Waals surface area contributed by atoms with E-state index in [4.69, 9.17) is 9.47 Å². The van der Waals surface area contributed by atoms with E-state index in [1.165, 1.54) is 4.90 Å². The SMILES string of the molecule is CN=C(NCCc1cc(OC)ccc1OC)NC1CCN(CC(F)(F)F)C1.I. The number of guanidine groups is 1. The van der Waals surface area contributed by atoms with Crippen molar-refractivity contribution in [2.45, 2.75) is 25.1 Å². The number of alkyl halides is 3. The van der Waals surface area contributed by atoms with E-state index in [2.05, 4.69) is 15.6 Å². The second kappa shape index (κ2) is 11.5. The lowest BCUT2D eigenvalue weighted by Crippen LogP contribution is -2.45. The minimum atomic E-state index is -4.16. The van der Waals surface area contributed by atoms with Gasteiger partial charge in [-0.1, -0.05) is 0 Å². The van der Waals surface area contributed by atoms with E-state index in [9.17, 15) is 13.2 Å². The van der Waals surface area contributed by atoms with Crippen molar-refractivity contribution in [1.82, 2.24) is 15.5 Å². The number of nitrogens with one attached hydrogen (secondary N) is 2. The fourth-order valence-electron chi connectivity index (χ4n) is 3.13. The van der Waals surface area contributed by atoms with Gasteiger partial charge in [0.05, 0.1) is 20.8 Å². The molecule has 1 saturated heterocycles. The largest absolute Gasteiger partial charge is 0.497 e. The van der Waals surface area contributed by atoms with Crippen LogP contribution in [0.1, 0.15) is 12.0 Å². The van der Waals surface area contributed by atoms with Crippen LogP contribution in [0.15, 0.2) is 23.2 Å². The molecule has 0 saturated carbocycles. The third-order valence-corrected chi connectivity index (χ3v) is 4.41. The van der Waals surface area contributed by atoms with Crippen molar-refractivity contribution >= 4 is 29.9 Å². The maximum atomic E-state index is 12.5. The average Bonchev–Trinajstić information content (AvgIpc) is 3.05. The van der Waals surface area contributed by atoms with E-state index in [-0.39, 0.29) is 30.0 Å². The van der Waals surface area contributed by atoms with Gasteiger partial charge in [0.2, 0.25) is 0 Å². The lowest BCUT2D eigenvalue weighted by Gasteiger charge is -2.20. The van der Waals surface area contributed by atoms with Crippen LogP contribution in [-0.4, -0.2) is 70.5 Å². The fourth-order valence-corrected chi connectivity index (χ4v) is 3.13. The molecule has 160 valence electrons. The van der Waals surface area contributed by atoms with Gasteiger partial charge in [0.1, 0.15) is 11.5 Å². The zero-order valence-corrected chi connectivity index (χ0v) is 18.6. The Balaban J connectivity index is 0.00000392. The molecular formula is C18H28F3IN4O2. The summed E-state index contributed by atoms with van der Waals surface area (Å²) in [6, 6.07) is 5.56. The number of ether oxygens (including phenoxy) is 2. The van der Waals surface area contributed by atoms with Gasteiger partial charge >= 0.3 is 6.18 Å². The number of rotatable bonds is 7. The van der Waals surface area contributed by atoms with Gasteiger partial charge < -0.3 is 20.1 Å². The van der Waals surface area contributed by atoms with Gasteiger partial charge in [-0.25, -0.2) is 0 Å². The molecule has 1 atom stereocenters. The fraction of sp³-hybridized carbons (Fsp3) is 0.611. The third-order valence-electron chi connectivity index (χ3n) is 4.41. The number of nitrogens with zero attached hydrogens (tertiary/aromatic N) is 2. The third kappa shape index (κ3) is 7.90. The summed E-state index contributed by atoms with van der Waals surface area (Å²) in [5.74, 6) is 2.11. The monoisotopic (exact) mass is 516 g/mol. The molecule has 28 heavy (non-hydrogen) atoms. The second-order valence-corrected chi connectivity index (χ2v) is 6.41. The molecule has 10 heteroatoms. The topological polar surface area (TPSA) is 58.1 Å². The van der Waals surface area contributed by atoms with Crippen molar-refractivity contribution in [3.8, 4) is 11.5 Å². The van der Waals surface area contributed by atoms with Gasteiger partial charge in [-0.2, -0.15) is 13.2 Å². The van der Waals surface area contributed by atoms with Gasteiger partial charge in [0.15, 0.2) is 5.96 Å². The zero-order chi connectivity index (χ0) is 19.9. The molecule has 0 aliphatic carbocycles. The summed E-state index contributed by atoms with van der Waals surface area (Å²) in [5, 5.41) is 6.39. The Hall–Kier alpha value is -1.43. The Kier molecular flexibility index (Phi) is 10.1. The van der Waals surface area contributed by atoms with Gasteiger partial charge in [-0.15, -0.1) is 24.0 Å². The van der Waals surface area contributed by atoms with Crippen LogP contribution in [0.2, 0.25) is 0 Å². The minimum Gasteiger partial charge on any atom is -0.497 e. The van der Waals surface area contributed by atoms with Crippen molar-refractivity contribution in [2.75, 3.05) is 47.4 Å². The maximum absolute atomic E-state index is 12.5. The highest BCUT2D eigenvalue weighted by Crippen LogP contribution is 2.24. The highest BCUT2D eigenvalue weighted by molar-refractivity contribution is 14.0. The molecule has 1 aliphatic rings. The van der Waals surface area contributed by atoms with Crippen LogP contribution in [0.25, 0.3) is 0 Å². The molecular weight excluding hydrogens is 488 g/mol. The molecule has 2 N–H and O–H groups in total. The molecule has 1 heterocycles. The predicted molar refractivity (Wildman–Crippen MR) is 114 cm³/mol. The number of likely N-dealkylation sites (tertiary alicyclic amines) is 1. The van der Waals surface area contributed by atoms with Gasteiger partial charge in [-0.3, -0.25) is 9.89 Å². The molecule has 1 unspecified atom stereocenters. The standard InChI is InChI=1S/C18H27F3N4O2.HI/c1-22-17(24-14-7-9-25(11-14)12-18(19,20)21)23-8-6-13-10-15(26-2)4-5-16(13)27-3;/h4-5,10,14H,6-9,11-12H2,1-3H3,(H2,22,23,24);1H. The van der Waals surface area contributed by atoms with Crippen molar-refractivity contribution in [3.63, 3.8) is 0 Å². The second-order valence-electron chi connectivity index (χ2n) is 6.41. The Morgan fingerprint density at radius 1 is 1.29 bits per heavy atom. The smallest absolute Gasteiger partial charge is 0.401 e. The van der Waals surface area contributed by atoms with E-state index in [0.717, 1.165) is 17.1 Å². The highest BCUT2D eigenvalue weighted by atomic mass is 127. The van der Waals surface area contributed by atoms with E-state index >= 15 is 0 Å². The summed E-state index contributed by atoms with van der Waals surface area (Å²) in [6.45, 7) is 0.508. The normalized spacial score (nSPS) is 17.8. The number of hydrogen-bond acceptors (Lipinski definition) is 4. The van der Waals surface area contributed by atoms with Crippen LogP contribution < -0.4 is 20.1 Å². The summed E-state index contributed by atoms with van der Waals surface area (Å²) in [7, 11) is 4.87. The molecule has 1 aliphatic heterocycles. The summed E-state index contributed by atoms with van der Waals surface area (Å²) < 4.78 is 48.1. The van der Waals surface area contributed by atoms with E-state index in [0.29, 0.717) is 38.4 Å². The van der Waals surface area contributed by atoms with Crippen LogP contribution in [0.3, 0.4) is 0 Å². The quantitative estimate of drug-likeness (QED) is 0.332. The molecule has 0 aromatic heterocycles. The first-order valence-corrected chi connectivity index (χ1v) is 8.82. The lowest BCUT2D eigenvalue weighted by atomic mass is 10.1. The van der Waals surface area contributed by atoms with Crippen LogP contribution in [0.5, 0.6) is 11.5 Å². The van der Waals surface area contributed by atoms with Crippen molar-refractivity contribution in [1.29, 1.82) is 0 Å². The Labute approximate surface area is 180 Å². The van der Waals surface area contributed by atoms with Gasteiger partial charge in [-0.05, 0) is 36.6 Å². The summed E-state index contributed by atoms with van der Waals surface area (Å²) in [5.41, 5.74) is 0.997. The summed E-state index contributed by atoms with van der Waals surface area (Å²) >= 11 is 0. The summed E-state index contributed by atoms with van der Waals surface area (Å²) in [4.78, 5) is 5.57. The Bertz CT molecular complexity index is 644. The van der Waals surface area contributed by atoms with Crippen molar-refractivity contribution in [2.24, 2.45) is 4.99 Å². The first-order valence-electron chi connectivity index (χ1n) is 8.82. The van der Waals surface area contributed by atoms with Gasteiger partial charge in [0.25, 0.3) is 0 Å². The molecule has 0 radical (unpaired) electrons. The molecule has 1 fully saturated rings. The van der Waals surface area contributed by atoms with Crippen LogP contribution in [-0.2, 0) is 6.42 Å². The zero-order valence-electron chi connectivity index (χ0n) is 16.3. The molecule has 2 rings (SSSR count). The van der Waals surface area contributed by atoms with E-state index < -0.39 is 12.7 Å². The average molecular weight is 516 g/mol. The predicted octanol–water partition coefficient (Wildman–Crippen LogP) is 2.67. The van der Waals surface area contributed by atoms with E-state index in [1.807, 2.05) is 18.2 Å². The van der Waals surface area contributed by atoms with Crippen LogP contribution >= 0.6 is 24.0 Å². The minimum absolute atomic E-state index is 0. The first-order chi connectivity index (χ1) is 12.8. The van der Waals surface area contributed by atoms with Crippen molar-refractivity contribution in [3.05, 3.63) is 23.8 Å². The number of methoxy groups -OCH3 is 2.